The van der Waals surface area contributed by atoms with Gasteiger partial charge in [0.15, 0.2) is 0 Å². The van der Waals surface area contributed by atoms with Crippen LogP contribution in [0.1, 0.15) is 26.3 Å². The third-order valence-corrected chi connectivity index (χ3v) is 3.42. The van der Waals surface area contributed by atoms with E-state index in [0.717, 1.165) is 24.5 Å². The predicted molar refractivity (Wildman–Crippen MR) is 84.2 cm³/mol. The van der Waals surface area contributed by atoms with Crippen LogP contribution >= 0.6 is 0 Å². The van der Waals surface area contributed by atoms with Gasteiger partial charge in [-0.3, -0.25) is 0 Å². The fourth-order valence-electron chi connectivity index (χ4n) is 2.26. The van der Waals surface area contributed by atoms with Crippen molar-refractivity contribution in [2.45, 2.75) is 32.9 Å². The Balaban J connectivity index is 1.89. The summed E-state index contributed by atoms with van der Waals surface area (Å²) in [6.07, 6.45) is 1.81. The number of nitrogens with two attached hydrogens (primary N) is 1. The van der Waals surface area contributed by atoms with Crippen LogP contribution in [-0.2, 0) is 6.54 Å². The molecule has 1 aromatic heterocycles. The molecule has 0 bridgehead atoms. The summed E-state index contributed by atoms with van der Waals surface area (Å²) in [4.78, 5) is 20.6. The molecule has 6 nitrogen and oxygen atoms in total. The molecule has 2 rings (SSSR count). The molecular formula is C15H25N5O. The molecule has 2 heterocycles. The lowest BCUT2D eigenvalue weighted by Gasteiger charge is -2.36. The first-order valence-corrected chi connectivity index (χ1v) is 7.36. The number of piperazine rings is 1. The van der Waals surface area contributed by atoms with E-state index in [9.17, 15) is 4.79 Å². The van der Waals surface area contributed by atoms with Crippen molar-refractivity contribution in [1.82, 2.24) is 15.2 Å². The fourth-order valence-corrected chi connectivity index (χ4v) is 2.26. The molecule has 21 heavy (non-hydrogen) atoms. The van der Waals surface area contributed by atoms with Crippen LogP contribution in [-0.4, -0.2) is 47.6 Å². The maximum Gasteiger partial charge on any atom is 0.317 e. The average Bonchev–Trinajstić information content (AvgIpc) is 2.46. The van der Waals surface area contributed by atoms with Crippen molar-refractivity contribution in [3.63, 3.8) is 0 Å². The van der Waals surface area contributed by atoms with Gasteiger partial charge in [-0.25, -0.2) is 9.78 Å². The highest BCUT2D eigenvalue weighted by atomic mass is 16.2. The van der Waals surface area contributed by atoms with Crippen molar-refractivity contribution in [3.8, 4) is 0 Å². The zero-order chi connectivity index (χ0) is 15.5. The Morgan fingerprint density at radius 3 is 2.43 bits per heavy atom. The minimum Gasteiger partial charge on any atom is -0.353 e. The van der Waals surface area contributed by atoms with E-state index in [1.54, 1.807) is 0 Å². The third kappa shape index (κ3) is 4.32. The number of hydrogen-bond acceptors (Lipinski definition) is 4. The van der Waals surface area contributed by atoms with Crippen molar-refractivity contribution in [1.29, 1.82) is 0 Å². The average molecular weight is 291 g/mol. The third-order valence-electron chi connectivity index (χ3n) is 3.42. The standard InChI is InChI=1S/C15H25N5O/c1-15(2,3)18-14(21)20-8-6-19(7-9-20)13-5-4-12(10-16)11-17-13/h4-5,11H,6-10,16H2,1-3H3,(H,18,21). The number of nitrogens with zero attached hydrogens (tertiary/aromatic N) is 3. The molecule has 1 aromatic rings. The molecule has 1 aliphatic rings. The first-order chi connectivity index (χ1) is 9.89. The quantitative estimate of drug-likeness (QED) is 0.858. The van der Waals surface area contributed by atoms with Gasteiger partial charge in [-0.05, 0) is 32.4 Å². The van der Waals surface area contributed by atoms with E-state index in [0.29, 0.717) is 19.6 Å². The van der Waals surface area contributed by atoms with Crippen LogP contribution in [0.5, 0.6) is 0 Å². The summed E-state index contributed by atoms with van der Waals surface area (Å²) in [5, 5.41) is 3.00. The Morgan fingerprint density at radius 1 is 1.29 bits per heavy atom. The van der Waals surface area contributed by atoms with E-state index in [-0.39, 0.29) is 11.6 Å². The highest BCUT2D eigenvalue weighted by molar-refractivity contribution is 5.75. The minimum absolute atomic E-state index is 0.00795. The second kappa shape index (κ2) is 6.30. The zero-order valence-electron chi connectivity index (χ0n) is 13.1. The molecule has 6 heteroatoms. The molecule has 0 aromatic carbocycles. The van der Waals surface area contributed by atoms with Crippen LogP contribution < -0.4 is 16.0 Å². The van der Waals surface area contributed by atoms with Gasteiger partial charge in [0, 0.05) is 44.5 Å². The molecule has 0 radical (unpaired) electrons. The number of aromatic nitrogens is 1. The summed E-state index contributed by atoms with van der Waals surface area (Å²) in [6, 6.07) is 4.00. The van der Waals surface area contributed by atoms with Gasteiger partial charge in [0.2, 0.25) is 0 Å². The Bertz CT molecular complexity index is 472. The minimum atomic E-state index is -0.201. The number of carbonyl (C=O) groups is 1. The van der Waals surface area contributed by atoms with E-state index in [1.807, 2.05) is 44.0 Å². The number of nitrogens with one attached hydrogen (secondary N) is 1. The van der Waals surface area contributed by atoms with Crippen LogP contribution in [0.25, 0.3) is 0 Å². The van der Waals surface area contributed by atoms with E-state index < -0.39 is 0 Å². The van der Waals surface area contributed by atoms with Gasteiger partial charge in [0.25, 0.3) is 0 Å². The molecule has 116 valence electrons. The zero-order valence-corrected chi connectivity index (χ0v) is 13.1. The summed E-state index contributed by atoms with van der Waals surface area (Å²) >= 11 is 0. The molecule has 2 amide bonds. The van der Waals surface area contributed by atoms with Crippen molar-refractivity contribution >= 4 is 11.8 Å². The van der Waals surface area contributed by atoms with Gasteiger partial charge in [-0.15, -0.1) is 0 Å². The highest BCUT2D eigenvalue weighted by Gasteiger charge is 2.24. The van der Waals surface area contributed by atoms with Crippen LogP contribution in [0.2, 0.25) is 0 Å². The Morgan fingerprint density at radius 2 is 1.95 bits per heavy atom. The van der Waals surface area contributed by atoms with Crippen molar-refractivity contribution in [2.75, 3.05) is 31.1 Å². The van der Waals surface area contributed by atoms with Crippen LogP contribution in [0.4, 0.5) is 10.6 Å². The number of rotatable bonds is 2. The number of urea groups is 1. The summed E-state index contributed by atoms with van der Waals surface area (Å²) in [5.74, 6) is 0.947. The molecule has 0 spiro atoms. The molecule has 0 aliphatic carbocycles. The predicted octanol–water partition coefficient (Wildman–Crippen LogP) is 1.17. The molecule has 0 unspecified atom stereocenters. The van der Waals surface area contributed by atoms with Gasteiger partial charge in [-0.2, -0.15) is 0 Å². The van der Waals surface area contributed by atoms with Gasteiger partial charge in [-0.1, -0.05) is 6.07 Å². The Kier molecular flexibility index (Phi) is 4.67. The van der Waals surface area contributed by atoms with E-state index in [2.05, 4.69) is 15.2 Å². The van der Waals surface area contributed by atoms with Crippen molar-refractivity contribution < 1.29 is 4.79 Å². The van der Waals surface area contributed by atoms with Crippen LogP contribution in [0.3, 0.4) is 0 Å². The molecule has 1 saturated heterocycles. The Hall–Kier alpha value is -1.82. The van der Waals surface area contributed by atoms with Crippen LogP contribution in [0.15, 0.2) is 18.3 Å². The monoisotopic (exact) mass is 291 g/mol. The molecule has 3 N–H and O–H groups in total. The first kappa shape index (κ1) is 15.6. The summed E-state index contributed by atoms with van der Waals surface area (Å²) in [7, 11) is 0. The number of anilines is 1. The smallest absolute Gasteiger partial charge is 0.317 e. The lowest BCUT2D eigenvalue weighted by molar-refractivity contribution is 0.185. The summed E-state index contributed by atoms with van der Waals surface area (Å²) < 4.78 is 0. The van der Waals surface area contributed by atoms with E-state index >= 15 is 0 Å². The Labute approximate surface area is 126 Å². The second-order valence-electron chi connectivity index (χ2n) is 6.38. The summed E-state index contributed by atoms with van der Waals surface area (Å²) in [6.45, 7) is 9.50. The van der Waals surface area contributed by atoms with E-state index in [4.69, 9.17) is 5.73 Å². The van der Waals surface area contributed by atoms with E-state index in [1.165, 1.54) is 0 Å². The lowest BCUT2D eigenvalue weighted by atomic mass is 10.1. The number of carbonyl (C=O) groups excluding carboxylic acids is 1. The molecule has 1 fully saturated rings. The normalized spacial score (nSPS) is 16.0. The van der Waals surface area contributed by atoms with Crippen molar-refractivity contribution in [3.05, 3.63) is 23.9 Å². The molecule has 0 saturated carbocycles. The number of amides is 2. The van der Waals surface area contributed by atoms with Crippen LogP contribution in [0, 0.1) is 0 Å². The first-order valence-electron chi connectivity index (χ1n) is 7.36. The maximum absolute atomic E-state index is 12.1. The number of hydrogen-bond donors (Lipinski definition) is 2. The van der Waals surface area contributed by atoms with Gasteiger partial charge in [0.1, 0.15) is 5.82 Å². The largest absolute Gasteiger partial charge is 0.353 e. The molecular weight excluding hydrogens is 266 g/mol. The molecule has 0 atom stereocenters. The van der Waals surface area contributed by atoms with Gasteiger partial charge in [0.05, 0.1) is 0 Å². The molecule has 1 aliphatic heterocycles. The van der Waals surface area contributed by atoms with Gasteiger partial charge < -0.3 is 20.9 Å². The summed E-state index contributed by atoms with van der Waals surface area (Å²) in [5.41, 5.74) is 6.40. The SMILES string of the molecule is CC(C)(C)NC(=O)N1CCN(c2ccc(CN)cn2)CC1. The van der Waals surface area contributed by atoms with Gasteiger partial charge >= 0.3 is 6.03 Å². The lowest BCUT2D eigenvalue weighted by Crippen LogP contribution is -2.55. The highest BCUT2D eigenvalue weighted by Crippen LogP contribution is 2.14. The topological polar surface area (TPSA) is 74.5 Å². The second-order valence-corrected chi connectivity index (χ2v) is 6.38. The van der Waals surface area contributed by atoms with Crippen molar-refractivity contribution in [2.24, 2.45) is 5.73 Å². The maximum atomic E-state index is 12.1. The fraction of sp³-hybridized carbons (Fsp3) is 0.600. The number of pyridine rings is 1.